The van der Waals surface area contributed by atoms with Gasteiger partial charge in [-0.2, -0.15) is 0 Å². The van der Waals surface area contributed by atoms with Gasteiger partial charge in [-0.15, -0.1) is 0 Å². The molecule has 1 aliphatic heterocycles. The molecule has 1 aliphatic carbocycles. The molecule has 1 aromatic rings. The topological polar surface area (TPSA) is 55.1 Å². The van der Waals surface area contributed by atoms with Crippen LogP contribution in [-0.4, -0.2) is 11.9 Å². The summed E-state index contributed by atoms with van der Waals surface area (Å²) in [7, 11) is 0. The second-order valence-corrected chi connectivity index (χ2v) is 5.26. The molecule has 2 aliphatic rings. The van der Waals surface area contributed by atoms with Crippen LogP contribution in [0.4, 0.5) is 0 Å². The zero-order valence-corrected chi connectivity index (χ0v) is 9.80. The van der Waals surface area contributed by atoms with E-state index in [0.717, 1.165) is 17.9 Å². The Labute approximate surface area is 101 Å². The Balaban J connectivity index is 1.77. The molecule has 1 aromatic carbocycles. The second kappa shape index (κ2) is 4.15. The zero-order valence-electron chi connectivity index (χ0n) is 9.80. The van der Waals surface area contributed by atoms with Crippen LogP contribution in [0, 0.1) is 11.8 Å². The highest BCUT2D eigenvalue weighted by atomic mass is 16.2. The summed E-state index contributed by atoms with van der Waals surface area (Å²) in [4.78, 5) is 11.9. The smallest absolute Gasteiger partial charge is 0.225 e. The molecule has 1 heterocycles. The van der Waals surface area contributed by atoms with Crippen molar-refractivity contribution in [2.75, 3.05) is 0 Å². The number of carbonyl (C=O) groups is 1. The quantitative estimate of drug-likeness (QED) is 0.828. The summed E-state index contributed by atoms with van der Waals surface area (Å²) in [6.07, 6.45) is 3.51. The Morgan fingerprint density at radius 3 is 2.59 bits per heavy atom. The van der Waals surface area contributed by atoms with Gasteiger partial charge in [-0.3, -0.25) is 4.79 Å². The van der Waals surface area contributed by atoms with Gasteiger partial charge >= 0.3 is 0 Å². The molecule has 0 radical (unpaired) electrons. The van der Waals surface area contributed by atoms with Crippen molar-refractivity contribution in [1.29, 1.82) is 0 Å². The van der Waals surface area contributed by atoms with Gasteiger partial charge in [0.25, 0.3) is 0 Å². The minimum Gasteiger partial charge on any atom is -0.347 e. The van der Waals surface area contributed by atoms with Gasteiger partial charge in [0.05, 0.1) is 12.0 Å². The highest BCUT2D eigenvalue weighted by Gasteiger charge is 2.42. The molecular formula is C14H18N2O. The number of rotatable bonds is 3. The van der Waals surface area contributed by atoms with E-state index in [0.29, 0.717) is 0 Å². The van der Waals surface area contributed by atoms with E-state index in [1.54, 1.807) is 0 Å². The van der Waals surface area contributed by atoms with Crippen molar-refractivity contribution in [2.45, 2.75) is 31.3 Å². The highest BCUT2D eigenvalue weighted by Crippen LogP contribution is 2.39. The molecule has 3 heteroatoms. The largest absolute Gasteiger partial charge is 0.347 e. The molecule has 0 aromatic heterocycles. The van der Waals surface area contributed by atoms with Crippen LogP contribution in [0.2, 0.25) is 0 Å². The Morgan fingerprint density at radius 2 is 1.94 bits per heavy atom. The van der Waals surface area contributed by atoms with Crippen LogP contribution in [0.5, 0.6) is 0 Å². The molecule has 3 N–H and O–H groups in total. The highest BCUT2D eigenvalue weighted by molar-refractivity contribution is 5.83. The van der Waals surface area contributed by atoms with Gasteiger partial charge in [0, 0.05) is 6.04 Å². The first-order valence-corrected chi connectivity index (χ1v) is 6.36. The maximum Gasteiger partial charge on any atom is 0.225 e. The molecule has 90 valence electrons. The standard InChI is InChI=1S/C14H18N2O/c15-12-11(8-9-6-7-9)14(17)16-13(12)10-4-2-1-3-5-10/h1-5,9,11-13H,6-8,15H2,(H,16,17)/t11-,12-,13?/m0/s1. The van der Waals surface area contributed by atoms with Crippen LogP contribution in [0.15, 0.2) is 30.3 Å². The normalized spacial score (nSPS) is 32.5. The first-order valence-electron chi connectivity index (χ1n) is 6.36. The number of benzene rings is 1. The lowest BCUT2D eigenvalue weighted by atomic mass is 9.91. The van der Waals surface area contributed by atoms with Crippen LogP contribution in [-0.2, 0) is 4.79 Å². The van der Waals surface area contributed by atoms with Crippen molar-refractivity contribution in [2.24, 2.45) is 17.6 Å². The lowest BCUT2D eigenvalue weighted by molar-refractivity contribution is -0.123. The Hall–Kier alpha value is -1.35. The van der Waals surface area contributed by atoms with Crippen molar-refractivity contribution < 1.29 is 4.79 Å². The van der Waals surface area contributed by atoms with Crippen molar-refractivity contribution in [3.63, 3.8) is 0 Å². The first kappa shape index (κ1) is 10.8. The third kappa shape index (κ3) is 2.07. The summed E-state index contributed by atoms with van der Waals surface area (Å²) in [5.41, 5.74) is 7.36. The van der Waals surface area contributed by atoms with E-state index in [2.05, 4.69) is 5.32 Å². The fourth-order valence-corrected chi connectivity index (χ4v) is 2.71. The maximum absolute atomic E-state index is 11.9. The number of hydrogen-bond donors (Lipinski definition) is 2. The van der Waals surface area contributed by atoms with Crippen molar-refractivity contribution >= 4 is 5.91 Å². The second-order valence-electron chi connectivity index (χ2n) is 5.26. The molecule has 1 saturated carbocycles. The summed E-state index contributed by atoms with van der Waals surface area (Å²) < 4.78 is 0. The van der Waals surface area contributed by atoms with Gasteiger partial charge in [-0.05, 0) is 17.9 Å². The predicted molar refractivity (Wildman–Crippen MR) is 66.1 cm³/mol. The van der Waals surface area contributed by atoms with Crippen LogP contribution in [0.25, 0.3) is 0 Å². The minimum absolute atomic E-state index is 0.00699. The SMILES string of the molecule is N[C@@H]1C(c2ccccc2)NC(=O)[C@H]1CC1CC1. The van der Waals surface area contributed by atoms with Crippen LogP contribution < -0.4 is 11.1 Å². The van der Waals surface area contributed by atoms with Gasteiger partial charge in [0.1, 0.15) is 0 Å². The van der Waals surface area contributed by atoms with Gasteiger partial charge in [-0.1, -0.05) is 43.2 Å². The molecule has 0 spiro atoms. The average molecular weight is 230 g/mol. The van der Waals surface area contributed by atoms with E-state index >= 15 is 0 Å². The summed E-state index contributed by atoms with van der Waals surface area (Å²) in [6.45, 7) is 0. The fraction of sp³-hybridized carbons (Fsp3) is 0.500. The lowest BCUT2D eigenvalue weighted by Gasteiger charge is -2.18. The number of carbonyl (C=O) groups excluding carboxylic acids is 1. The molecule has 2 fully saturated rings. The summed E-state index contributed by atoms with van der Waals surface area (Å²) >= 11 is 0. The molecule has 1 unspecified atom stereocenters. The third-order valence-corrected chi connectivity index (χ3v) is 3.93. The zero-order chi connectivity index (χ0) is 11.8. The van der Waals surface area contributed by atoms with Crippen LogP contribution in [0.1, 0.15) is 30.9 Å². The fourth-order valence-electron chi connectivity index (χ4n) is 2.71. The van der Waals surface area contributed by atoms with E-state index in [4.69, 9.17) is 5.73 Å². The predicted octanol–water partition coefficient (Wildman–Crippen LogP) is 1.60. The van der Waals surface area contributed by atoms with Gasteiger partial charge in [0.2, 0.25) is 5.91 Å². The van der Waals surface area contributed by atoms with Gasteiger partial charge in [-0.25, -0.2) is 0 Å². The summed E-state index contributed by atoms with van der Waals surface area (Å²) in [5, 5.41) is 3.04. The molecule has 1 amide bonds. The van der Waals surface area contributed by atoms with E-state index in [1.165, 1.54) is 12.8 Å². The van der Waals surface area contributed by atoms with Crippen molar-refractivity contribution in [3.8, 4) is 0 Å². The molecule has 17 heavy (non-hydrogen) atoms. The van der Waals surface area contributed by atoms with E-state index in [9.17, 15) is 4.79 Å². The Bertz CT molecular complexity index is 413. The maximum atomic E-state index is 11.9. The minimum atomic E-state index is -0.0782. The van der Waals surface area contributed by atoms with E-state index in [1.807, 2.05) is 30.3 Å². The Morgan fingerprint density at radius 1 is 1.24 bits per heavy atom. The lowest BCUT2D eigenvalue weighted by Crippen LogP contribution is -2.32. The van der Waals surface area contributed by atoms with Crippen molar-refractivity contribution in [3.05, 3.63) is 35.9 Å². The first-order chi connectivity index (χ1) is 8.25. The molecule has 3 atom stereocenters. The van der Waals surface area contributed by atoms with E-state index in [-0.39, 0.29) is 23.9 Å². The Kier molecular flexibility index (Phi) is 2.63. The third-order valence-electron chi connectivity index (χ3n) is 3.93. The number of nitrogens with one attached hydrogen (secondary N) is 1. The summed E-state index contributed by atoms with van der Waals surface area (Å²) in [6, 6.07) is 9.94. The average Bonchev–Trinajstić information content (AvgIpc) is 3.12. The monoisotopic (exact) mass is 230 g/mol. The van der Waals surface area contributed by atoms with Gasteiger partial charge < -0.3 is 11.1 Å². The molecule has 3 nitrogen and oxygen atoms in total. The molecule has 0 bridgehead atoms. The van der Waals surface area contributed by atoms with E-state index < -0.39 is 0 Å². The molecule has 1 saturated heterocycles. The number of hydrogen-bond acceptors (Lipinski definition) is 2. The van der Waals surface area contributed by atoms with Crippen LogP contribution in [0.3, 0.4) is 0 Å². The molecule has 3 rings (SSSR count). The van der Waals surface area contributed by atoms with Crippen molar-refractivity contribution in [1.82, 2.24) is 5.32 Å². The number of amides is 1. The van der Waals surface area contributed by atoms with Gasteiger partial charge in [0.15, 0.2) is 0 Å². The molecular weight excluding hydrogens is 212 g/mol. The summed E-state index contributed by atoms with van der Waals surface area (Å²) in [5.74, 6) is 0.886. The van der Waals surface area contributed by atoms with Crippen LogP contribution >= 0.6 is 0 Å². The number of nitrogens with two attached hydrogens (primary N) is 1.